The minimum absolute atomic E-state index is 0.158. The molecule has 1 atom stereocenters. The number of amides is 1. The Bertz CT molecular complexity index is 750. The molecule has 1 amide bonds. The van der Waals surface area contributed by atoms with Crippen molar-refractivity contribution in [2.24, 2.45) is 0 Å². The lowest BCUT2D eigenvalue weighted by Crippen LogP contribution is -2.47. The number of carbonyl (C=O) groups excluding carboxylic acids is 1. The predicted octanol–water partition coefficient (Wildman–Crippen LogP) is 2.05. The van der Waals surface area contributed by atoms with Gasteiger partial charge in [0, 0.05) is 44.4 Å². The van der Waals surface area contributed by atoms with Crippen LogP contribution < -0.4 is 5.32 Å². The molecule has 0 radical (unpaired) electrons. The van der Waals surface area contributed by atoms with E-state index in [0.29, 0.717) is 12.6 Å². The summed E-state index contributed by atoms with van der Waals surface area (Å²) < 4.78 is 8.21. The average molecular weight is 354 g/mol. The van der Waals surface area contributed by atoms with Crippen LogP contribution in [0.2, 0.25) is 0 Å². The first-order valence-electron chi connectivity index (χ1n) is 9.41. The van der Waals surface area contributed by atoms with Crippen LogP contribution in [0.5, 0.6) is 0 Å². The van der Waals surface area contributed by atoms with Crippen LogP contribution in [-0.2, 0) is 22.7 Å². The Balaban J connectivity index is 1.30. The fraction of sp³-hybridized carbons (Fsp3) is 0.500. The molecule has 1 N–H and O–H groups in total. The number of nitrogens with zero attached hydrogens (tertiary/aromatic N) is 3. The summed E-state index contributed by atoms with van der Waals surface area (Å²) in [7, 11) is 0. The molecule has 2 aliphatic heterocycles. The molecule has 6 nitrogen and oxygen atoms in total. The van der Waals surface area contributed by atoms with Gasteiger partial charge in [-0.15, -0.1) is 0 Å². The molecule has 3 heterocycles. The molecule has 4 rings (SSSR count). The molecule has 0 bridgehead atoms. The van der Waals surface area contributed by atoms with Crippen LogP contribution in [-0.4, -0.2) is 52.1 Å². The number of hydrogen-bond donors (Lipinski definition) is 1. The first kappa shape index (κ1) is 17.2. The lowest BCUT2D eigenvalue weighted by molar-refractivity contribution is -0.129. The Labute approximate surface area is 154 Å². The van der Waals surface area contributed by atoms with Crippen molar-refractivity contribution < 1.29 is 9.53 Å². The fourth-order valence-corrected chi connectivity index (χ4v) is 3.76. The van der Waals surface area contributed by atoms with Crippen LogP contribution in [0.15, 0.2) is 36.5 Å². The third kappa shape index (κ3) is 3.81. The lowest BCUT2D eigenvalue weighted by Gasteiger charge is -2.33. The Kier molecular flexibility index (Phi) is 5.04. The highest BCUT2D eigenvalue weighted by atomic mass is 16.5. The molecule has 1 aromatic heterocycles. The van der Waals surface area contributed by atoms with Crippen molar-refractivity contribution in [2.45, 2.75) is 45.1 Å². The van der Waals surface area contributed by atoms with Gasteiger partial charge >= 0.3 is 0 Å². The molecule has 0 unspecified atom stereocenters. The molecule has 1 fully saturated rings. The monoisotopic (exact) mass is 354 g/mol. The maximum atomic E-state index is 11.4. The second kappa shape index (κ2) is 7.60. The van der Waals surface area contributed by atoms with Crippen molar-refractivity contribution >= 4 is 5.91 Å². The number of imidazole rings is 1. The number of carbonyl (C=O) groups is 1. The second-order valence-corrected chi connectivity index (χ2v) is 7.18. The van der Waals surface area contributed by atoms with E-state index >= 15 is 0 Å². The van der Waals surface area contributed by atoms with Crippen LogP contribution >= 0.6 is 0 Å². The van der Waals surface area contributed by atoms with Crippen LogP contribution in [0.4, 0.5) is 0 Å². The quantitative estimate of drug-likeness (QED) is 0.913. The summed E-state index contributed by atoms with van der Waals surface area (Å²) in [6.45, 7) is 5.57. The highest BCUT2D eigenvalue weighted by Crippen LogP contribution is 2.22. The zero-order valence-electron chi connectivity index (χ0n) is 15.2. The van der Waals surface area contributed by atoms with Crippen LogP contribution in [0, 0.1) is 0 Å². The van der Waals surface area contributed by atoms with Crippen molar-refractivity contribution in [1.82, 2.24) is 19.8 Å². The molecule has 0 aliphatic carbocycles. The first-order valence-corrected chi connectivity index (χ1v) is 9.41. The average Bonchev–Trinajstić information content (AvgIpc) is 3.11. The summed E-state index contributed by atoms with van der Waals surface area (Å²) in [6.07, 6.45) is 4.32. The number of ether oxygens (including phenoxy) is 1. The number of hydrogen-bond acceptors (Lipinski definition) is 4. The number of nitrogens with one attached hydrogen (secondary N) is 1. The smallest absolute Gasteiger partial charge is 0.219 e. The molecule has 1 saturated heterocycles. The zero-order valence-corrected chi connectivity index (χ0v) is 15.2. The van der Waals surface area contributed by atoms with E-state index in [-0.39, 0.29) is 12.0 Å². The van der Waals surface area contributed by atoms with Crippen molar-refractivity contribution in [3.05, 3.63) is 42.4 Å². The first-order chi connectivity index (χ1) is 12.7. The van der Waals surface area contributed by atoms with Gasteiger partial charge in [-0.25, -0.2) is 4.98 Å². The summed E-state index contributed by atoms with van der Waals surface area (Å²) in [6, 6.07) is 10.7. The molecule has 2 aromatic rings. The summed E-state index contributed by atoms with van der Waals surface area (Å²) in [5, 5.41) is 3.62. The Morgan fingerprint density at radius 2 is 2.04 bits per heavy atom. The van der Waals surface area contributed by atoms with Gasteiger partial charge in [0.15, 0.2) is 0 Å². The van der Waals surface area contributed by atoms with Gasteiger partial charge in [0.05, 0.1) is 18.3 Å². The van der Waals surface area contributed by atoms with Gasteiger partial charge in [-0.05, 0) is 12.8 Å². The molecule has 1 aromatic carbocycles. The van der Waals surface area contributed by atoms with E-state index in [1.165, 1.54) is 0 Å². The van der Waals surface area contributed by atoms with E-state index in [0.717, 1.165) is 56.1 Å². The van der Waals surface area contributed by atoms with Gasteiger partial charge in [-0.2, -0.15) is 0 Å². The normalized spacial score (nSPS) is 20.8. The van der Waals surface area contributed by atoms with Gasteiger partial charge in [-0.3, -0.25) is 4.79 Å². The van der Waals surface area contributed by atoms with Crippen molar-refractivity contribution in [3.63, 3.8) is 0 Å². The predicted molar refractivity (Wildman–Crippen MR) is 99.5 cm³/mol. The minimum atomic E-state index is 0.158. The molecule has 0 saturated carbocycles. The number of likely N-dealkylation sites (tertiary alicyclic amines) is 1. The van der Waals surface area contributed by atoms with E-state index in [9.17, 15) is 4.79 Å². The maximum absolute atomic E-state index is 11.4. The third-order valence-electron chi connectivity index (χ3n) is 5.35. The number of fused-ring (bicyclic) bond motifs is 1. The van der Waals surface area contributed by atoms with Gasteiger partial charge in [0.2, 0.25) is 5.91 Å². The van der Waals surface area contributed by atoms with Gasteiger partial charge < -0.3 is 19.5 Å². The number of benzene rings is 1. The molecule has 2 aliphatic rings. The minimum Gasteiger partial charge on any atom is -0.367 e. The summed E-state index contributed by atoms with van der Waals surface area (Å²) >= 11 is 0. The fourth-order valence-electron chi connectivity index (χ4n) is 3.76. The van der Waals surface area contributed by atoms with E-state index in [1.807, 2.05) is 23.1 Å². The summed E-state index contributed by atoms with van der Waals surface area (Å²) in [5.74, 6) is 1.18. The van der Waals surface area contributed by atoms with Gasteiger partial charge in [0.1, 0.15) is 12.4 Å². The van der Waals surface area contributed by atoms with Crippen molar-refractivity contribution in [2.75, 3.05) is 19.6 Å². The lowest BCUT2D eigenvalue weighted by atomic mass is 10.0. The number of aromatic nitrogens is 2. The molecular formula is C20H26N4O2. The van der Waals surface area contributed by atoms with Crippen LogP contribution in [0.25, 0.3) is 11.3 Å². The Morgan fingerprint density at radius 1 is 1.27 bits per heavy atom. The van der Waals surface area contributed by atoms with E-state index in [1.54, 1.807) is 6.92 Å². The number of rotatable bonds is 4. The van der Waals surface area contributed by atoms with Gasteiger partial charge in [-0.1, -0.05) is 30.3 Å². The third-order valence-corrected chi connectivity index (χ3v) is 5.35. The molecule has 26 heavy (non-hydrogen) atoms. The van der Waals surface area contributed by atoms with Gasteiger partial charge in [0.25, 0.3) is 0 Å². The largest absolute Gasteiger partial charge is 0.367 e. The van der Waals surface area contributed by atoms with Crippen molar-refractivity contribution in [1.29, 1.82) is 0 Å². The second-order valence-electron chi connectivity index (χ2n) is 7.18. The summed E-state index contributed by atoms with van der Waals surface area (Å²) in [5.41, 5.74) is 2.15. The molecule has 6 heteroatoms. The highest BCUT2D eigenvalue weighted by Gasteiger charge is 2.24. The SMILES string of the molecule is CC(=O)N1CCC(NC[C@H]2Cn3cc(-c4ccccc4)nc3CO2)CC1. The zero-order chi connectivity index (χ0) is 17.9. The topological polar surface area (TPSA) is 59.4 Å². The van der Waals surface area contributed by atoms with Crippen molar-refractivity contribution in [3.8, 4) is 11.3 Å². The molecular weight excluding hydrogens is 328 g/mol. The molecule has 138 valence electrons. The van der Waals surface area contributed by atoms with E-state index in [2.05, 4.69) is 28.2 Å². The van der Waals surface area contributed by atoms with E-state index < -0.39 is 0 Å². The van der Waals surface area contributed by atoms with Crippen LogP contribution in [0.1, 0.15) is 25.6 Å². The highest BCUT2D eigenvalue weighted by molar-refractivity contribution is 5.73. The summed E-state index contributed by atoms with van der Waals surface area (Å²) in [4.78, 5) is 18.0. The number of piperidine rings is 1. The Hall–Kier alpha value is -2.18. The standard InChI is InChI=1S/C20H26N4O2/c1-15(25)23-9-7-17(8-10-23)21-11-18-12-24-13-19(22-20(24)14-26-18)16-5-3-2-4-6-16/h2-6,13,17-18,21H,7-12,14H2,1H3/t18-/m0/s1. The van der Waals surface area contributed by atoms with E-state index in [4.69, 9.17) is 9.72 Å². The maximum Gasteiger partial charge on any atom is 0.219 e. The molecule has 0 spiro atoms. The Morgan fingerprint density at radius 3 is 2.77 bits per heavy atom. The van der Waals surface area contributed by atoms with Crippen LogP contribution in [0.3, 0.4) is 0 Å².